The minimum Gasteiger partial charge on any atom is -0.467 e. The van der Waals surface area contributed by atoms with Crippen molar-refractivity contribution in [1.82, 2.24) is 15.1 Å². The highest BCUT2D eigenvalue weighted by Crippen LogP contribution is 2.40. The molecule has 1 spiro atoms. The molecule has 0 bridgehead atoms. The van der Waals surface area contributed by atoms with E-state index in [9.17, 15) is 9.59 Å². The van der Waals surface area contributed by atoms with E-state index in [0.29, 0.717) is 24.9 Å². The van der Waals surface area contributed by atoms with Gasteiger partial charge in [-0.15, -0.1) is 0 Å². The van der Waals surface area contributed by atoms with Crippen LogP contribution in [0.1, 0.15) is 57.1 Å². The monoisotopic (exact) mass is 387 g/mol. The van der Waals surface area contributed by atoms with Crippen LogP contribution in [0.25, 0.3) is 0 Å². The molecule has 1 aromatic heterocycles. The van der Waals surface area contributed by atoms with Gasteiger partial charge in [-0.05, 0) is 56.7 Å². The van der Waals surface area contributed by atoms with E-state index in [1.807, 2.05) is 12.1 Å². The molecule has 0 unspecified atom stereocenters. The van der Waals surface area contributed by atoms with Gasteiger partial charge in [0, 0.05) is 19.6 Å². The van der Waals surface area contributed by atoms with E-state index < -0.39 is 0 Å². The van der Waals surface area contributed by atoms with Crippen molar-refractivity contribution in [2.24, 2.45) is 11.3 Å². The number of carbonyl (C=O) groups excluding carboxylic acids is 2. The van der Waals surface area contributed by atoms with Crippen LogP contribution in [0.2, 0.25) is 0 Å². The quantitative estimate of drug-likeness (QED) is 0.815. The Morgan fingerprint density at radius 3 is 2.82 bits per heavy atom. The minimum atomic E-state index is -0.256. The normalized spacial score (nSPS) is 26.9. The summed E-state index contributed by atoms with van der Waals surface area (Å²) in [7, 11) is 0. The maximum Gasteiger partial charge on any atom is 0.234 e. The van der Waals surface area contributed by atoms with E-state index >= 15 is 0 Å². The predicted octanol–water partition coefficient (Wildman–Crippen LogP) is 2.79. The van der Waals surface area contributed by atoms with Gasteiger partial charge in [0.15, 0.2) is 0 Å². The van der Waals surface area contributed by atoms with E-state index in [-0.39, 0.29) is 11.3 Å². The standard InChI is InChI=1S/C22H33N3O3/c26-20(23-14-19-8-4-13-28-19)16-24-12-10-22(17-24)9-5-11-25(21(22)27)15-18-6-2-1-3-7-18/h4,8,13,18H,1-3,5-7,9-12,14-17H2,(H,23,26)/t22-/m0/s1. The Morgan fingerprint density at radius 2 is 2.04 bits per heavy atom. The Hall–Kier alpha value is -1.82. The molecule has 154 valence electrons. The van der Waals surface area contributed by atoms with Crippen molar-refractivity contribution in [2.75, 3.05) is 32.7 Å². The SMILES string of the molecule is O=C(CN1CC[C@@]2(CCCN(CC3CCCCC3)C2=O)C1)NCc1ccco1. The third-order valence-corrected chi connectivity index (χ3v) is 6.87. The molecule has 2 aliphatic heterocycles. The van der Waals surface area contributed by atoms with Crippen LogP contribution in [-0.2, 0) is 16.1 Å². The second-order valence-electron chi connectivity index (χ2n) is 8.96. The fourth-order valence-electron chi connectivity index (χ4n) is 5.34. The lowest BCUT2D eigenvalue weighted by Crippen LogP contribution is -2.51. The van der Waals surface area contributed by atoms with Crippen LogP contribution < -0.4 is 5.32 Å². The van der Waals surface area contributed by atoms with Crippen molar-refractivity contribution in [3.63, 3.8) is 0 Å². The first-order valence-electron chi connectivity index (χ1n) is 11.0. The Kier molecular flexibility index (Phi) is 6.04. The van der Waals surface area contributed by atoms with Crippen LogP contribution in [0.5, 0.6) is 0 Å². The fraction of sp³-hybridized carbons (Fsp3) is 0.727. The molecular weight excluding hydrogens is 354 g/mol. The smallest absolute Gasteiger partial charge is 0.234 e. The second kappa shape index (κ2) is 8.68. The van der Waals surface area contributed by atoms with E-state index in [4.69, 9.17) is 4.42 Å². The van der Waals surface area contributed by atoms with Gasteiger partial charge in [0.1, 0.15) is 5.76 Å². The zero-order valence-electron chi connectivity index (χ0n) is 16.8. The summed E-state index contributed by atoms with van der Waals surface area (Å²) in [4.78, 5) is 29.9. The number of furan rings is 1. The number of hydrogen-bond donors (Lipinski definition) is 1. The van der Waals surface area contributed by atoms with Crippen molar-refractivity contribution in [3.8, 4) is 0 Å². The van der Waals surface area contributed by atoms with Crippen molar-refractivity contribution in [3.05, 3.63) is 24.2 Å². The van der Waals surface area contributed by atoms with Crippen molar-refractivity contribution in [2.45, 2.75) is 57.9 Å². The summed E-state index contributed by atoms with van der Waals surface area (Å²) >= 11 is 0. The topological polar surface area (TPSA) is 65.8 Å². The molecule has 1 aromatic rings. The van der Waals surface area contributed by atoms with Gasteiger partial charge in [0.2, 0.25) is 11.8 Å². The first-order chi connectivity index (χ1) is 13.6. The maximum absolute atomic E-state index is 13.3. The zero-order valence-corrected chi connectivity index (χ0v) is 16.8. The van der Waals surface area contributed by atoms with Crippen LogP contribution >= 0.6 is 0 Å². The molecule has 2 amide bonds. The van der Waals surface area contributed by atoms with Gasteiger partial charge in [-0.3, -0.25) is 14.5 Å². The molecule has 1 atom stereocenters. The second-order valence-corrected chi connectivity index (χ2v) is 8.96. The molecule has 1 saturated carbocycles. The van der Waals surface area contributed by atoms with E-state index in [2.05, 4.69) is 15.1 Å². The van der Waals surface area contributed by atoms with Crippen LogP contribution in [-0.4, -0.2) is 54.3 Å². The molecule has 2 saturated heterocycles. The summed E-state index contributed by atoms with van der Waals surface area (Å²) in [6.45, 7) is 4.20. The minimum absolute atomic E-state index is 0.00392. The summed E-state index contributed by atoms with van der Waals surface area (Å²) in [5.41, 5.74) is -0.256. The zero-order chi connectivity index (χ0) is 19.4. The Labute approximate surface area is 167 Å². The highest BCUT2D eigenvalue weighted by atomic mass is 16.3. The Bertz CT molecular complexity index is 669. The third kappa shape index (κ3) is 4.43. The molecule has 1 aliphatic carbocycles. The molecule has 0 aromatic carbocycles. The first kappa shape index (κ1) is 19.5. The van der Waals surface area contributed by atoms with Gasteiger partial charge >= 0.3 is 0 Å². The summed E-state index contributed by atoms with van der Waals surface area (Å²) in [5, 5.41) is 2.91. The van der Waals surface area contributed by atoms with Gasteiger partial charge < -0.3 is 14.6 Å². The van der Waals surface area contributed by atoms with E-state index in [1.165, 1.54) is 32.1 Å². The van der Waals surface area contributed by atoms with Crippen molar-refractivity contribution in [1.29, 1.82) is 0 Å². The predicted molar refractivity (Wildman–Crippen MR) is 106 cm³/mol. The van der Waals surface area contributed by atoms with Gasteiger partial charge in [-0.2, -0.15) is 0 Å². The summed E-state index contributed by atoms with van der Waals surface area (Å²) in [6, 6.07) is 3.67. The number of rotatable bonds is 6. The van der Waals surface area contributed by atoms with Crippen LogP contribution in [0, 0.1) is 11.3 Å². The number of carbonyl (C=O) groups is 2. The summed E-state index contributed by atoms with van der Waals surface area (Å²) in [5.74, 6) is 1.79. The molecular formula is C22H33N3O3. The van der Waals surface area contributed by atoms with Gasteiger partial charge in [-0.25, -0.2) is 0 Å². The van der Waals surface area contributed by atoms with Crippen LogP contribution in [0.3, 0.4) is 0 Å². The molecule has 3 heterocycles. The lowest BCUT2D eigenvalue weighted by molar-refractivity contribution is -0.146. The molecule has 3 aliphatic rings. The number of nitrogens with one attached hydrogen (secondary N) is 1. The fourth-order valence-corrected chi connectivity index (χ4v) is 5.34. The summed E-state index contributed by atoms with van der Waals surface area (Å²) < 4.78 is 5.25. The number of likely N-dealkylation sites (tertiary alicyclic amines) is 2. The number of piperidine rings is 1. The average molecular weight is 388 g/mol. The molecule has 6 nitrogen and oxygen atoms in total. The molecule has 0 radical (unpaired) electrons. The van der Waals surface area contributed by atoms with E-state index in [1.54, 1.807) is 6.26 Å². The molecule has 6 heteroatoms. The van der Waals surface area contributed by atoms with Gasteiger partial charge in [0.25, 0.3) is 0 Å². The molecule has 28 heavy (non-hydrogen) atoms. The largest absolute Gasteiger partial charge is 0.467 e. The van der Waals surface area contributed by atoms with Gasteiger partial charge in [0.05, 0.1) is 24.8 Å². The van der Waals surface area contributed by atoms with Gasteiger partial charge in [-0.1, -0.05) is 19.3 Å². The number of hydrogen-bond acceptors (Lipinski definition) is 4. The Balaban J connectivity index is 1.28. The third-order valence-electron chi connectivity index (χ3n) is 6.87. The molecule has 4 rings (SSSR count). The number of nitrogens with zero attached hydrogens (tertiary/aromatic N) is 2. The van der Waals surface area contributed by atoms with Crippen LogP contribution in [0.4, 0.5) is 0 Å². The highest BCUT2D eigenvalue weighted by Gasteiger charge is 2.48. The highest BCUT2D eigenvalue weighted by molar-refractivity contribution is 5.84. The summed E-state index contributed by atoms with van der Waals surface area (Å²) in [6.07, 6.45) is 11.1. The molecule has 1 N–H and O–H groups in total. The lowest BCUT2D eigenvalue weighted by atomic mass is 9.77. The molecule has 3 fully saturated rings. The number of amides is 2. The lowest BCUT2D eigenvalue weighted by Gasteiger charge is -2.41. The average Bonchev–Trinajstić information content (AvgIpc) is 3.36. The maximum atomic E-state index is 13.3. The Morgan fingerprint density at radius 1 is 1.18 bits per heavy atom. The van der Waals surface area contributed by atoms with Crippen LogP contribution in [0.15, 0.2) is 22.8 Å². The van der Waals surface area contributed by atoms with E-state index in [0.717, 1.165) is 51.2 Å². The first-order valence-corrected chi connectivity index (χ1v) is 11.0. The van der Waals surface area contributed by atoms with Crippen molar-refractivity contribution >= 4 is 11.8 Å². The van der Waals surface area contributed by atoms with Crippen molar-refractivity contribution < 1.29 is 14.0 Å².